The maximum atomic E-state index is 11.2. The van der Waals surface area contributed by atoms with E-state index < -0.39 is 88.0 Å². The third-order valence-electron chi connectivity index (χ3n) is 3.38. The Morgan fingerprint density at radius 3 is 2.32 bits per heavy atom. The van der Waals surface area contributed by atoms with Crippen molar-refractivity contribution < 1.29 is 80.9 Å². The minimum atomic E-state index is -5.42. The topological polar surface area (TPSA) is 66.4 Å². The molecular formula is C16H11KO4S. The molecule has 0 spiro atoms. The zero-order valence-corrected chi connectivity index (χ0v) is 15.1. The first kappa shape index (κ1) is 8.57. The molecule has 4 aliphatic rings. The summed E-state index contributed by atoms with van der Waals surface area (Å²) in [7, 11) is -5.42. The van der Waals surface area contributed by atoms with Crippen LogP contribution in [0.5, 0.6) is 0 Å². The first-order valence-corrected chi connectivity index (χ1v) is 7.19. The molecule has 0 N–H and O–H groups in total. The van der Waals surface area contributed by atoms with Gasteiger partial charge in [0.05, 0.1) is 12.3 Å². The van der Waals surface area contributed by atoms with Gasteiger partial charge in [-0.25, -0.2) is 8.42 Å². The van der Waals surface area contributed by atoms with Crippen LogP contribution in [-0.2, 0) is 14.6 Å². The van der Waals surface area contributed by atoms with E-state index in [4.69, 9.17) is 12.3 Å². The molecule has 0 saturated heterocycles. The van der Waals surface area contributed by atoms with Crippen LogP contribution in [0.2, 0.25) is 0 Å². The van der Waals surface area contributed by atoms with E-state index in [1.807, 2.05) is 0 Å². The van der Waals surface area contributed by atoms with Crippen LogP contribution in [0.4, 0.5) is 0 Å². The van der Waals surface area contributed by atoms with Crippen LogP contribution in [0.25, 0.3) is 0 Å². The molecule has 106 valence electrons. The number of allylic oxidation sites excluding steroid dienone is 13. The smallest absolute Gasteiger partial charge is 0.716 e. The van der Waals surface area contributed by atoms with Crippen LogP contribution in [-0.4, -0.2) is 13.0 Å². The predicted molar refractivity (Wildman–Crippen MR) is 76.5 cm³/mol. The molecule has 0 aromatic carbocycles. The van der Waals surface area contributed by atoms with E-state index in [2.05, 4.69) is 4.18 Å². The van der Waals surface area contributed by atoms with Crippen LogP contribution < -0.4 is 51.4 Å². The SMILES string of the molecule is [2H]C1=C([2H])C2=C([2H])C([2H])=C3C([2H])=C([2H])C(OS(=O)(=O)[O-])=C4C([2H])=C([2H])C(=C1[2H])C2C34.[K+]. The first-order chi connectivity index (χ1) is 13.8. The summed E-state index contributed by atoms with van der Waals surface area (Å²) < 4.78 is 112. The fraction of sp³-hybridized carbons (Fsp3) is 0.125. The van der Waals surface area contributed by atoms with Crippen molar-refractivity contribution >= 4 is 10.4 Å². The third-order valence-corrected chi connectivity index (χ3v) is 3.75. The molecule has 0 aromatic rings. The van der Waals surface area contributed by atoms with Gasteiger partial charge in [0.2, 0.25) is 0 Å². The van der Waals surface area contributed by atoms with Gasteiger partial charge < -0.3 is 8.74 Å². The van der Waals surface area contributed by atoms with Crippen molar-refractivity contribution in [2.24, 2.45) is 11.8 Å². The van der Waals surface area contributed by atoms with E-state index >= 15 is 0 Å². The van der Waals surface area contributed by atoms with Gasteiger partial charge in [-0.1, -0.05) is 48.4 Å². The van der Waals surface area contributed by atoms with E-state index in [9.17, 15) is 13.0 Å². The Morgan fingerprint density at radius 1 is 0.955 bits per heavy atom. The average molecular weight is 347 g/mol. The van der Waals surface area contributed by atoms with Crippen molar-refractivity contribution in [3.8, 4) is 0 Å². The van der Waals surface area contributed by atoms with Crippen molar-refractivity contribution in [2.45, 2.75) is 0 Å². The summed E-state index contributed by atoms with van der Waals surface area (Å²) in [6.07, 6.45) is 0. The maximum Gasteiger partial charge on any atom is 1.00 e. The largest absolute Gasteiger partial charge is 1.00 e. The Bertz CT molecular complexity index is 1280. The van der Waals surface area contributed by atoms with Crippen molar-refractivity contribution in [3.63, 3.8) is 0 Å². The summed E-state index contributed by atoms with van der Waals surface area (Å²) in [6, 6.07) is -5.65. The Kier molecular flexibility index (Phi) is 2.29. The zero-order chi connectivity index (χ0) is 22.4. The molecule has 4 rings (SSSR count). The van der Waals surface area contributed by atoms with Gasteiger partial charge in [0.15, 0.2) is 0 Å². The molecule has 0 aliphatic heterocycles. The molecule has 2 atom stereocenters. The number of rotatable bonds is 2. The van der Waals surface area contributed by atoms with Gasteiger partial charge in [0, 0.05) is 17.4 Å². The minimum Gasteiger partial charge on any atom is -0.716 e. The average Bonchev–Trinajstić information content (AvgIpc) is 2.65. The zero-order valence-electron chi connectivity index (χ0n) is 20.2. The fourth-order valence-corrected chi connectivity index (χ4v) is 2.92. The van der Waals surface area contributed by atoms with Crippen molar-refractivity contribution in [3.05, 3.63) is 82.5 Å². The summed E-state index contributed by atoms with van der Waals surface area (Å²) >= 11 is 0. The maximum absolute atomic E-state index is 11.2. The van der Waals surface area contributed by atoms with Crippen LogP contribution >= 0.6 is 0 Å². The standard InChI is InChI=1S/C16H12O4S.K/c17-21(18,19)20-14-9-7-12-5-4-10-2-1-3-11-6-8-13(14)16(12)15(10)11;/h1-9,15-16H,(H,17,18,19);/q;+1/p-1/i1D,2D,3D,4D,5D,6D,7D,8D,9D;. The molecule has 0 fully saturated rings. The van der Waals surface area contributed by atoms with Crippen LogP contribution in [0.1, 0.15) is 12.3 Å². The molecule has 0 heterocycles. The molecule has 0 radical (unpaired) electrons. The van der Waals surface area contributed by atoms with E-state index in [0.717, 1.165) is 0 Å². The molecule has 2 unspecified atom stereocenters. The van der Waals surface area contributed by atoms with E-state index in [-0.39, 0.29) is 68.1 Å². The third kappa shape index (κ3) is 2.73. The Balaban J connectivity index is 0.00000272. The van der Waals surface area contributed by atoms with Crippen molar-refractivity contribution in [1.29, 1.82) is 0 Å². The number of hydrogen-bond acceptors (Lipinski definition) is 4. The molecular weight excluding hydrogens is 327 g/mol. The van der Waals surface area contributed by atoms with Crippen LogP contribution in [0.15, 0.2) is 82.5 Å². The second-order valence-electron chi connectivity index (χ2n) is 4.56. The monoisotopic (exact) mass is 347 g/mol. The van der Waals surface area contributed by atoms with Gasteiger partial charge in [-0.2, -0.15) is 0 Å². The summed E-state index contributed by atoms with van der Waals surface area (Å²) in [4.78, 5) is 0. The van der Waals surface area contributed by atoms with Crippen molar-refractivity contribution in [1.82, 2.24) is 0 Å². The van der Waals surface area contributed by atoms with Gasteiger partial charge in [0.25, 0.3) is 10.4 Å². The Hall–Kier alpha value is -0.474. The van der Waals surface area contributed by atoms with Gasteiger partial charge >= 0.3 is 51.4 Å². The molecule has 6 heteroatoms. The van der Waals surface area contributed by atoms with Crippen LogP contribution in [0.3, 0.4) is 0 Å². The van der Waals surface area contributed by atoms with Crippen molar-refractivity contribution in [2.75, 3.05) is 0 Å². The normalized spacial score (nSPS) is 37.2. The first-order valence-electron chi connectivity index (χ1n) is 10.4. The van der Waals surface area contributed by atoms with Gasteiger partial charge in [-0.05, 0) is 22.8 Å². The second-order valence-corrected chi connectivity index (χ2v) is 5.54. The molecule has 0 amide bonds. The summed E-state index contributed by atoms with van der Waals surface area (Å²) in [5.41, 5.74) is -0.990. The molecule has 22 heavy (non-hydrogen) atoms. The van der Waals surface area contributed by atoms with E-state index in [1.165, 1.54) is 0 Å². The predicted octanol–water partition coefficient (Wildman–Crippen LogP) is -0.544. The van der Waals surface area contributed by atoms with E-state index in [1.54, 1.807) is 0 Å². The Labute approximate surface area is 184 Å². The summed E-state index contributed by atoms with van der Waals surface area (Å²) in [6.45, 7) is 0. The van der Waals surface area contributed by atoms with E-state index in [0.29, 0.717) is 0 Å². The summed E-state index contributed by atoms with van der Waals surface area (Å²) in [5.74, 6) is -3.41. The van der Waals surface area contributed by atoms with Crippen LogP contribution in [0, 0.1) is 11.8 Å². The minimum absolute atomic E-state index is 0. The Morgan fingerprint density at radius 2 is 1.59 bits per heavy atom. The quantitative estimate of drug-likeness (QED) is 0.382. The molecule has 4 nitrogen and oxygen atoms in total. The van der Waals surface area contributed by atoms with Gasteiger partial charge in [0.1, 0.15) is 5.76 Å². The molecule has 0 saturated carbocycles. The van der Waals surface area contributed by atoms with Gasteiger partial charge in [-0.3, -0.25) is 0 Å². The van der Waals surface area contributed by atoms with Gasteiger partial charge in [-0.15, -0.1) is 0 Å². The summed E-state index contributed by atoms with van der Waals surface area (Å²) in [5, 5.41) is 0. The number of hydrogen-bond donors (Lipinski definition) is 0. The second kappa shape index (κ2) is 5.87. The molecule has 4 aliphatic carbocycles. The fourth-order valence-electron chi connectivity index (χ4n) is 2.59. The molecule has 0 bridgehead atoms. The molecule has 0 aromatic heterocycles.